The van der Waals surface area contributed by atoms with E-state index in [-0.39, 0.29) is 12.3 Å². The van der Waals surface area contributed by atoms with Crippen LogP contribution in [-0.4, -0.2) is 12.3 Å². The lowest BCUT2D eigenvalue weighted by molar-refractivity contribution is 0.00629. The molecule has 0 fully saturated rings. The third-order valence-electron chi connectivity index (χ3n) is 1.01. The Morgan fingerprint density at radius 1 is 1.50 bits per heavy atom. The predicted molar refractivity (Wildman–Crippen MR) is 33.4 cm³/mol. The molecule has 2 nitrogen and oxygen atoms in total. The SMILES string of the molecule is CCC(C)OC(C)[NH]. The fourth-order valence-corrected chi connectivity index (χ4v) is 0.445. The molecule has 0 saturated carbocycles. The lowest BCUT2D eigenvalue weighted by Gasteiger charge is -2.11. The average molecular weight is 116 g/mol. The summed E-state index contributed by atoms with van der Waals surface area (Å²) in [5.41, 5.74) is 6.99. The maximum absolute atomic E-state index is 6.99. The van der Waals surface area contributed by atoms with E-state index in [1.807, 2.05) is 13.8 Å². The first-order chi connectivity index (χ1) is 3.66. The largest absolute Gasteiger partial charge is 0.359 e. The monoisotopic (exact) mass is 116 g/mol. The van der Waals surface area contributed by atoms with Gasteiger partial charge >= 0.3 is 0 Å². The molecule has 2 heteroatoms. The van der Waals surface area contributed by atoms with Crippen molar-refractivity contribution >= 4 is 0 Å². The molecule has 49 valence electrons. The molecule has 1 radical (unpaired) electrons. The Kier molecular flexibility index (Phi) is 3.83. The first kappa shape index (κ1) is 7.92. The molecule has 0 heterocycles. The fraction of sp³-hybridized carbons (Fsp3) is 1.00. The molecule has 0 aliphatic rings. The summed E-state index contributed by atoms with van der Waals surface area (Å²) < 4.78 is 5.07. The van der Waals surface area contributed by atoms with Gasteiger partial charge in [-0.2, -0.15) is 0 Å². The highest BCUT2D eigenvalue weighted by Gasteiger charge is 1.99. The van der Waals surface area contributed by atoms with Crippen LogP contribution in [-0.2, 0) is 4.74 Å². The molecule has 0 bridgehead atoms. The van der Waals surface area contributed by atoms with Crippen molar-refractivity contribution in [1.82, 2.24) is 5.73 Å². The number of nitrogens with one attached hydrogen (secondary N) is 1. The van der Waals surface area contributed by atoms with Gasteiger partial charge in [0.2, 0.25) is 0 Å². The van der Waals surface area contributed by atoms with E-state index in [1.165, 1.54) is 0 Å². The zero-order valence-corrected chi connectivity index (χ0v) is 5.77. The Bertz CT molecular complexity index is 54.5. The molecule has 2 unspecified atom stereocenters. The van der Waals surface area contributed by atoms with Gasteiger partial charge in [0.05, 0.1) is 6.10 Å². The number of hydrogen-bond donors (Lipinski definition) is 0. The number of rotatable bonds is 3. The first-order valence-electron chi connectivity index (χ1n) is 3.03. The van der Waals surface area contributed by atoms with Crippen LogP contribution in [0.5, 0.6) is 0 Å². The van der Waals surface area contributed by atoms with Crippen LogP contribution in [0.25, 0.3) is 0 Å². The fourth-order valence-electron chi connectivity index (χ4n) is 0.445. The zero-order valence-electron chi connectivity index (χ0n) is 5.77. The third kappa shape index (κ3) is 4.09. The summed E-state index contributed by atoms with van der Waals surface area (Å²) in [6.07, 6.45) is 0.857. The molecule has 0 aromatic rings. The maximum Gasteiger partial charge on any atom is 0.117 e. The van der Waals surface area contributed by atoms with Crippen molar-refractivity contribution in [3.8, 4) is 0 Å². The second kappa shape index (κ2) is 3.87. The summed E-state index contributed by atoms with van der Waals surface area (Å²) in [7, 11) is 0. The Morgan fingerprint density at radius 3 is 2.12 bits per heavy atom. The van der Waals surface area contributed by atoms with Gasteiger partial charge in [0.25, 0.3) is 0 Å². The normalized spacial score (nSPS) is 18.0. The minimum Gasteiger partial charge on any atom is -0.359 e. The third-order valence-corrected chi connectivity index (χ3v) is 1.01. The van der Waals surface area contributed by atoms with Gasteiger partial charge in [-0.1, -0.05) is 6.92 Å². The van der Waals surface area contributed by atoms with Crippen LogP contribution in [0.15, 0.2) is 0 Å². The Balaban J connectivity index is 3.10. The van der Waals surface area contributed by atoms with Crippen molar-refractivity contribution in [3.63, 3.8) is 0 Å². The summed E-state index contributed by atoms with van der Waals surface area (Å²) in [4.78, 5) is 0. The molecule has 0 aromatic carbocycles. The highest BCUT2D eigenvalue weighted by Crippen LogP contribution is 1.97. The van der Waals surface area contributed by atoms with Crippen LogP contribution < -0.4 is 5.73 Å². The first-order valence-corrected chi connectivity index (χ1v) is 3.03. The molecular formula is C6H14NO. The van der Waals surface area contributed by atoms with E-state index in [2.05, 4.69) is 0 Å². The van der Waals surface area contributed by atoms with Gasteiger partial charge in [0, 0.05) is 0 Å². The van der Waals surface area contributed by atoms with E-state index in [0.717, 1.165) is 6.42 Å². The Morgan fingerprint density at radius 2 is 2.00 bits per heavy atom. The van der Waals surface area contributed by atoms with Crippen molar-refractivity contribution in [2.45, 2.75) is 39.5 Å². The van der Waals surface area contributed by atoms with Crippen LogP contribution in [0.1, 0.15) is 27.2 Å². The van der Waals surface area contributed by atoms with Gasteiger partial charge < -0.3 is 4.74 Å². The van der Waals surface area contributed by atoms with Crippen LogP contribution in [0.2, 0.25) is 0 Å². The molecule has 0 rings (SSSR count). The van der Waals surface area contributed by atoms with Crippen molar-refractivity contribution in [2.24, 2.45) is 0 Å². The molecule has 0 aliphatic heterocycles. The number of hydrogen-bond acceptors (Lipinski definition) is 1. The summed E-state index contributed by atoms with van der Waals surface area (Å²) in [5.74, 6) is 0. The molecule has 0 spiro atoms. The smallest absolute Gasteiger partial charge is 0.117 e. The molecule has 0 aliphatic carbocycles. The van der Waals surface area contributed by atoms with E-state index in [1.54, 1.807) is 6.92 Å². The average Bonchev–Trinajstić information content (AvgIpc) is 1.65. The van der Waals surface area contributed by atoms with Gasteiger partial charge in [-0.05, 0) is 20.3 Å². The summed E-state index contributed by atoms with van der Waals surface area (Å²) in [6, 6.07) is 0. The lowest BCUT2D eigenvalue weighted by atomic mass is 10.3. The van der Waals surface area contributed by atoms with E-state index in [0.29, 0.717) is 0 Å². The molecule has 0 amide bonds. The Labute approximate surface area is 51.0 Å². The molecule has 1 N–H and O–H groups in total. The molecule has 0 aromatic heterocycles. The van der Waals surface area contributed by atoms with Gasteiger partial charge in [-0.25, -0.2) is 5.73 Å². The quantitative estimate of drug-likeness (QED) is 0.549. The van der Waals surface area contributed by atoms with E-state index in [9.17, 15) is 0 Å². The minimum atomic E-state index is -0.370. The predicted octanol–water partition coefficient (Wildman–Crippen LogP) is 1.43. The van der Waals surface area contributed by atoms with Gasteiger partial charge in [0.15, 0.2) is 0 Å². The van der Waals surface area contributed by atoms with Crippen molar-refractivity contribution in [1.29, 1.82) is 0 Å². The van der Waals surface area contributed by atoms with Crippen molar-refractivity contribution < 1.29 is 4.74 Å². The summed E-state index contributed by atoms with van der Waals surface area (Å²) >= 11 is 0. The van der Waals surface area contributed by atoms with E-state index in [4.69, 9.17) is 10.5 Å². The van der Waals surface area contributed by atoms with Gasteiger partial charge in [0.1, 0.15) is 6.23 Å². The van der Waals surface area contributed by atoms with Gasteiger partial charge in [-0.15, -0.1) is 0 Å². The summed E-state index contributed by atoms with van der Waals surface area (Å²) in [5, 5.41) is 0. The van der Waals surface area contributed by atoms with Crippen molar-refractivity contribution in [3.05, 3.63) is 0 Å². The standard InChI is InChI=1S/C6H14NO/c1-4-5(2)8-6(3)7/h5-7H,4H2,1-3H3. The highest BCUT2D eigenvalue weighted by atomic mass is 16.5. The van der Waals surface area contributed by atoms with Gasteiger partial charge in [-0.3, -0.25) is 0 Å². The maximum atomic E-state index is 6.99. The lowest BCUT2D eigenvalue weighted by Crippen LogP contribution is -2.16. The Hall–Kier alpha value is -0.0800. The highest BCUT2D eigenvalue weighted by molar-refractivity contribution is 4.44. The van der Waals surface area contributed by atoms with Crippen LogP contribution >= 0.6 is 0 Å². The molecular weight excluding hydrogens is 102 g/mol. The summed E-state index contributed by atoms with van der Waals surface area (Å²) in [6.45, 7) is 5.75. The molecule has 0 saturated heterocycles. The van der Waals surface area contributed by atoms with Crippen LogP contribution in [0.3, 0.4) is 0 Å². The minimum absolute atomic E-state index is 0.238. The molecule has 2 atom stereocenters. The zero-order chi connectivity index (χ0) is 6.57. The molecule has 8 heavy (non-hydrogen) atoms. The number of ether oxygens (including phenoxy) is 1. The van der Waals surface area contributed by atoms with Crippen LogP contribution in [0, 0.1) is 0 Å². The van der Waals surface area contributed by atoms with Crippen LogP contribution in [0.4, 0.5) is 0 Å². The second-order valence-corrected chi connectivity index (χ2v) is 2.00. The second-order valence-electron chi connectivity index (χ2n) is 2.00. The topological polar surface area (TPSA) is 33.0 Å². The van der Waals surface area contributed by atoms with E-state index < -0.39 is 0 Å². The van der Waals surface area contributed by atoms with E-state index >= 15 is 0 Å². The van der Waals surface area contributed by atoms with Crippen molar-refractivity contribution in [2.75, 3.05) is 0 Å².